The zero-order chi connectivity index (χ0) is 16.2. The smallest absolute Gasteiger partial charge is 0.172 e. The van der Waals surface area contributed by atoms with Crippen LogP contribution >= 0.6 is 0 Å². The van der Waals surface area contributed by atoms with Gasteiger partial charge in [-0.05, 0) is 29.8 Å². The van der Waals surface area contributed by atoms with E-state index in [0.717, 1.165) is 11.1 Å². The average molecular weight is 311 g/mol. The second-order valence-electron chi connectivity index (χ2n) is 4.96. The van der Waals surface area contributed by atoms with E-state index >= 15 is 0 Å². The van der Waals surface area contributed by atoms with Gasteiger partial charge in [-0.25, -0.2) is 9.07 Å². The molecule has 1 aromatic heterocycles. The van der Waals surface area contributed by atoms with E-state index in [1.54, 1.807) is 23.9 Å². The Hall–Kier alpha value is -3.02. The predicted molar refractivity (Wildman–Crippen MR) is 82.9 cm³/mol. The molecule has 0 amide bonds. The van der Waals surface area contributed by atoms with Crippen LogP contribution in [0.2, 0.25) is 0 Å². The van der Waals surface area contributed by atoms with Crippen molar-refractivity contribution in [1.82, 2.24) is 15.0 Å². The van der Waals surface area contributed by atoms with Crippen LogP contribution in [-0.4, -0.2) is 28.4 Å². The van der Waals surface area contributed by atoms with Crippen LogP contribution in [0.1, 0.15) is 16.1 Å². The maximum absolute atomic E-state index is 13.0. The van der Waals surface area contributed by atoms with Gasteiger partial charge in [0.1, 0.15) is 11.6 Å². The Balaban J connectivity index is 2.03. The molecule has 0 N–H and O–H groups in total. The van der Waals surface area contributed by atoms with Crippen molar-refractivity contribution in [2.45, 2.75) is 6.54 Å². The van der Waals surface area contributed by atoms with Gasteiger partial charge in [0, 0.05) is 5.56 Å². The van der Waals surface area contributed by atoms with E-state index in [-0.39, 0.29) is 11.5 Å². The van der Waals surface area contributed by atoms with Crippen molar-refractivity contribution in [3.63, 3.8) is 0 Å². The van der Waals surface area contributed by atoms with Gasteiger partial charge in [0.15, 0.2) is 12.0 Å². The number of carbonyl (C=O) groups is 1. The van der Waals surface area contributed by atoms with Gasteiger partial charge < -0.3 is 4.74 Å². The van der Waals surface area contributed by atoms with Crippen LogP contribution in [0.15, 0.2) is 48.5 Å². The first-order valence-corrected chi connectivity index (χ1v) is 6.99. The molecule has 0 fully saturated rings. The van der Waals surface area contributed by atoms with E-state index in [0.29, 0.717) is 24.3 Å². The van der Waals surface area contributed by atoms with E-state index in [9.17, 15) is 9.18 Å². The fourth-order valence-electron chi connectivity index (χ4n) is 2.35. The number of rotatable bonds is 5. The zero-order valence-electron chi connectivity index (χ0n) is 12.4. The van der Waals surface area contributed by atoms with Gasteiger partial charge in [0.05, 0.1) is 19.3 Å². The average Bonchev–Trinajstić information content (AvgIpc) is 2.99. The summed E-state index contributed by atoms with van der Waals surface area (Å²) >= 11 is 0. The second kappa shape index (κ2) is 6.39. The summed E-state index contributed by atoms with van der Waals surface area (Å²) in [6.07, 6.45) is 0.670. The molecule has 0 saturated heterocycles. The molecule has 0 aliphatic rings. The van der Waals surface area contributed by atoms with Crippen LogP contribution in [0.4, 0.5) is 4.39 Å². The monoisotopic (exact) mass is 311 g/mol. The molecule has 23 heavy (non-hydrogen) atoms. The molecular weight excluding hydrogens is 297 g/mol. The third kappa shape index (κ3) is 3.11. The van der Waals surface area contributed by atoms with Crippen LogP contribution in [-0.2, 0) is 6.54 Å². The molecule has 0 aliphatic heterocycles. The van der Waals surface area contributed by atoms with Gasteiger partial charge in [0.2, 0.25) is 0 Å². The topological polar surface area (TPSA) is 57.0 Å². The first-order chi connectivity index (χ1) is 11.2. The number of hydrogen-bond acceptors (Lipinski definition) is 4. The number of nitrogens with zero attached hydrogens (tertiary/aromatic N) is 3. The van der Waals surface area contributed by atoms with Gasteiger partial charge in [-0.3, -0.25) is 4.79 Å². The first-order valence-electron chi connectivity index (χ1n) is 6.99. The molecular formula is C17H14FN3O2. The number of methoxy groups -OCH3 is 1. The number of carbonyl (C=O) groups excluding carboxylic acids is 1. The minimum atomic E-state index is -0.297. The van der Waals surface area contributed by atoms with Gasteiger partial charge in [-0.1, -0.05) is 29.5 Å². The van der Waals surface area contributed by atoms with Crippen molar-refractivity contribution in [3.05, 3.63) is 65.6 Å². The molecule has 0 aliphatic carbocycles. The van der Waals surface area contributed by atoms with Gasteiger partial charge in [-0.2, -0.15) is 0 Å². The van der Waals surface area contributed by atoms with E-state index < -0.39 is 0 Å². The maximum Gasteiger partial charge on any atom is 0.172 e. The molecule has 3 rings (SSSR count). The SMILES string of the molecule is COc1cccc(-c2c(C=O)nnn2Cc2ccc(F)cc2)c1. The highest BCUT2D eigenvalue weighted by atomic mass is 19.1. The predicted octanol–water partition coefficient (Wildman–Crippen LogP) is 2.95. The standard InChI is InChI=1S/C17H14FN3O2/c1-23-15-4-2-3-13(9-15)17-16(11-22)19-20-21(17)10-12-5-7-14(18)8-6-12/h2-9,11H,10H2,1H3. The fourth-order valence-corrected chi connectivity index (χ4v) is 2.35. The normalized spacial score (nSPS) is 10.5. The highest BCUT2D eigenvalue weighted by Gasteiger charge is 2.15. The van der Waals surface area contributed by atoms with E-state index in [1.165, 1.54) is 12.1 Å². The van der Waals surface area contributed by atoms with Crippen molar-refractivity contribution in [1.29, 1.82) is 0 Å². The maximum atomic E-state index is 13.0. The minimum Gasteiger partial charge on any atom is -0.497 e. The summed E-state index contributed by atoms with van der Waals surface area (Å²) in [4.78, 5) is 11.3. The van der Waals surface area contributed by atoms with Crippen LogP contribution in [0.3, 0.4) is 0 Å². The summed E-state index contributed by atoms with van der Waals surface area (Å²) in [7, 11) is 1.58. The van der Waals surface area contributed by atoms with Crippen LogP contribution in [0.25, 0.3) is 11.3 Å². The lowest BCUT2D eigenvalue weighted by Gasteiger charge is -2.08. The summed E-state index contributed by atoms with van der Waals surface area (Å²) in [5.41, 5.74) is 2.49. The number of aromatic nitrogens is 3. The Bertz CT molecular complexity index is 828. The molecule has 116 valence electrons. The van der Waals surface area contributed by atoms with Gasteiger partial charge in [-0.15, -0.1) is 5.10 Å². The Labute approximate surface area is 132 Å². The van der Waals surface area contributed by atoms with Crippen molar-refractivity contribution in [2.75, 3.05) is 7.11 Å². The molecule has 0 radical (unpaired) electrons. The summed E-state index contributed by atoms with van der Waals surface area (Å²) in [5.74, 6) is 0.378. The Kier molecular flexibility index (Phi) is 4.14. The molecule has 1 heterocycles. The third-order valence-corrected chi connectivity index (χ3v) is 3.46. The van der Waals surface area contributed by atoms with Crippen LogP contribution in [0.5, 0.6) is 5.75 Å². The number of aldehydes is 1. The Morgan fingerprint density at radius 3 is 2.70 bits per heavy atom. The molecule has 0 saturated carbocycles. The van der Waals surface area contributed by atoms with Crippen LogP contribution in [0, 0.1) is 5.82 Å². The highest BCUT2D eigenvalue weighted by Crippen LogP contribution is 2.26. The zero-order valence-corrected chi connectivity index (χ0v) is 12.4. The largest absolute Gasteiger partial charge is 0.497 e. The lowest BCUT2D eigenvalue weighted by atomic mass is 10.1. The third-order valence-electron chi connectivity index (χ3n) is 3.46. The second-order valence-corrected chi connectivity index (χ2v) is 4.96. The van der Waals surface area contributed by atoms with Crippen molar-refractivity contribution in [3.8, 4) is 17.0 Å². The molecule has 2 aromatic carbocycles. The Morgan fingerprint density at radius 1 is 1.22 bits per heavy atom. The lowest BCUT2D eigenvalue weighted by Crippen LogP contribution is -2.04. The Morgan fingerprint density at radius 2 is 2.00 bits per heavy atom. The fraction of sp³-hybridized carbons (Fsp3) is 0.118. The summed E-state index contributed by atoms with van der Waals surface area (Å²) in [6, 6.07) is 13.4. The molecule has 0 bridgehead atoms. The van der Waals surface area contributed by atoms with E-state index in [2.05, 4.69) is 10.3 Å². The van der Waals surface area contributed by atoms with E-state index in [4.69, 9.17) is 4.74 Å². The van der Waals surface area contributed by atoms with Gasteiger partial charge in [0.25, 0.3) is 0 Å². The number of ether oxygens (including phenoxy) is 1. The van der Waals surface area contributed by atoms with E-state index in [1.807, 2.05) is 24.3 Å². The van der Waals surface area contributed by atoms with Crippen molar-refractivity contribution >= 4 is 6.29 Å². The molecule has 5 nitrogen and oxygen atoms in total. The highest BCUT2D eigenvalue weighted by molar-refractivity contribution is 5.83. The quantitative estimate of drug-likeness (QED) is 0.680. The van der Waals surface area contributed by atoms with Crippen molar-refractivity contribution < 1.29 is 13.9 Å². The minimum absolute atomic E-state index is 0.250. The van der Waals surface area contributed by atoms with Crippen LogP contribution < -0.4 is 4.74 Å². The first kappa shape index (κ1) is 14.9. The molecule has 3 aromatic rings. The van der Waals surface area contributed by atoms with Crippen molar-refractivity contribution in [2.24, 2.45) is 0 Å². The molecule has 6 heteroatoms. The number of hydrogen-bond donors (Lipinski definition) is 0. The number of halogens is 1. The lowest BCUT2D eigenvalue weighted by molar-refractivity contribution is 0.111. The van der Waals surface area contributed by atoms with Gasteiger partial charge >= 0.3 is 0 Å². The summed E-state index contributed by atoms with van der Waals surface area (Å²) in [6.45, 7) is 0.383. The molecule has 0 atom stereocenters. The number of benzene rings is 2. The summed E-state index contributed by atoms with van der Waals surface area (Å²) in [5, 5.41) is 7.95. The molecule has 0 unspecified atom stereocenters. The molecule has 0 spiro atoms. The summed E-state index contributed by atoms with van der Waals surface area (Å²) < 4.78 is 19.9.